The van der Waals surface area contributed by atoms with E-state index in [1.807, 2.05) is 51.1 Å². The maximum absolute atomic E-state index is 14.3. The van der Waals surface area contributed by atoms with Crippen LogP contribution in [0.25, 0.3) is 5.57 Å². The van der Waals surface area contributed by atoms with Gasteiger partial charge in [-0.3, -0.25) is 9.59 Å². The van der Waals surface area contributed by atoms with Crippen molar-refractivity contribution >= 4 is 50.0 Å². The molecule has 2 aliphatic rings. The summed E-state index contributed by atoms with van der Waals surface area (Å²) in [5, 5.41) is 28.1. The molecular weight excluding hydrogens is 644 g/mol. The summed E-state index contributed by atoms with van der Waals surface area (Å²) in [5.41, 5.74) is 1.84. The molecule has 2 aromatic rings. The average molecular weight is 687 g/mol. The molecule has 10 nitrogen and oxygen atoms in total. The summed E-state index contributed by atoms with van der Waals surface area (Å²) >= 11 is 1.29. The van der Waals surface area contributed by atoms with Gasteiger partial charge >= 0.3 is 0 Å². The molecule has 0 saturated carbocycles. The number of aliphatic hydroxyl groups excluding tert-OH is 2. The standard InChI is InChI=1S/C34H43FN4O6S2/c1-33(2,3)38-31-25(7-6-8-29(31)47(44)45)22-11-9-21(10-12-22)18-39-27-14-13-23(35)15-28(27)46-20-26(32(39)43)37-30(42)16-34(4,5)36-17-24(41)19-40/h6-15,24,26,31,36,38,40-41H,16-20H2,1-5H3,(H,37,42)/t24-,26+,31?/m0/s1. The minimum atomic E-state index is -2.42. The Labute approximate surface area is 281 Å². The molecule has 0 spiro atoms. The molecule has 4 rings (SSSR count). The molecule has 1 aliphatic carbocycles. The number of allylic oxidation sites excluding steroid dienone is 2. The van der Waals surface area contributed by atoms with Gasteiger partial charge in [0.05, 0.1) is 35.8 Å². The number of hydrogen-bond donors (Lipinski definition) is 5. The number of anilines is 1. The second-order valence-electron chi connectivity index (χ2n) is 13.4. The van der Waals surface area contributed by atoms with E-state index < -0.39 is 46.4 Å². The zero-order valence-electron chi connectivity index (χ0n) is 27.2. The van der Waals surface area contributed by atoms with Crippen LogP contribution in [0, 0.1) is 5.82 Å². The number of carbonyl (C=O) groups excluding carboxylic acids is 2. The Hall–Kier alpha value is -3.33. The minimum absolute atomic E-state index is 0.0117. The van der Waals surface area contributed by atoms with Crippen LogP contribution in [0.4, 0.5) is 10.1 Å². The van der Waals surface area contributed by atoms with E-state index in [1.54, 1.807) is 37.0 Å². The lowest BCUT2D eigenvalue weighted by atomic mass is 9.90. The fourth-order valence-electron chi connectivity index (χ4n) is 5.39. The number of nitrogens with one attached hydrogen (secondary N) is 3. The second-order valence-corrected chi connectivity index (χ2v) is 15.4. The Morgan fingerprint density at radius 1 is 1.13 bits per heavy atom. The van der Waals surface area contributed by atoms with Gasteiger partial charge in [0.2, 0.25) is 16.2 Å². The zero-order chi connectivity index (χ0) is 34.5. The molecule has 0 aromatic heterocycles. The fourth-order valence-corrected chi connectivity index (χ4v) is 7.05. The summed E-state index contributed by atoms with van der Waals surface area (Å²) in [5.74, 6) is -0.938. The van der Waals surface area contributed by atoms with E-state index in [0.717, 1.165) is 16.7 Å². The van der Waals surface area contributed by atoms with Crippen LogP contribution in [0.1, 0.15) is 52.2 Å². The molecule has 2 aromatic carbocycles. The van der Waals surface area contributed by atoms with Crippen molar-refractivity contribution in [1.29, 1.82) is 0 Å². The Balaban J connectivity index is 1.56. The molecule has 0 bridgehead atoms. The van der Waals surface area contributed by atoms with Crippen molar-refractivity contribution in [3.05, 3.63) is 77.6 Å². The predicted octanol–water partition coefficient (Wildman–Crippen LogP) is 2.82. The van der Waals surface area contributed by atoms with Crippen LogP contribution in [-0.4, -0.2) is 83.5 Å². The number of aliphatic hydroxyl groups is 2. The van der Waals surface area contributed by atoms with Gasteiger partial charge in [0.15, 0.2) is 0 Å². The highest BCUT2D eigenvalue weighted by Gasteiger charge is 2.34. The number of benzene rings is 2. The van der Waals surface area contributed by atoms with Crippen LogP contribution in [0.15, 0.2) is 65.6 Å². The quantitative estimate of drug-likeness (QED) is 0.225. The summed E-state index contributed by atoms with van der Waals surface area (Å²) in [6.45, 7) is 9.32. The normalized spacial score (nSPS) is 19.1. The zero-order valence-corrected chi connectivity index (χ0v) is 28.8. The van der Waals surface area contributed by atoms with Gasteiger partial charge in [0, 0.05) is 34.7 Å². The van der Waals surface area contributed by atoms with Gasteiger partial charge < -0.3 is 31.1 Å². The van der Waals surface area contributed by atoms with Gasteiger partial charge in [-0.2, -0.15) is 8.42 Å². The lowest BCUT2D eigenvalue weighted by Gasteiger charge is -2.31. The molecule has 47 heavy (non-hydrogen) atoms. The number of halogens is 1. The predicted molar refractivity (Wildman–Crippen MR) is 184 cm³/mol. The summed E-state index contributed by atoms with van der Waals surface area (Å²) in [6, 6.07) is 10.3. The molecule has 3 atom stereocenters. The largest absolute Gasteiger partial charge is 0.394 e. The summed E-state index contributed by atoms with van der Waals surface area (Å²) < 4.78 is 38.4. The van der Waals surface area contributed by atoms with Crippen molar-refractivity contribution in [2.45, 2.75) is 81.7 Å². The number of hydrogen-bond acceptors (Lipinski definition) is 9. The minimum Gasteiger partial charge on any atom is -0.394 e. The van der Waals surface area contributed by atoms with Gasteiger partial charge in [-0.05, 0) is 75.6 Å². The van der Waals surface area contributed by atoms with Crippen molar-refractivity contribution in [1.82, 2.24) is 16.0 Å². The summed E-state index contributed by atoms with van der Waals surface area (Å²) in [7, 11) is -2.42. The van der Waals surface area contributed by atoms with Crippen LogP contribution in [0.2, 0.25) is 0 Å². The van der Waals surface area contributed by atoms with Crippen molar-refractivity contribution in [2.24, 2.45) is 0 Å². The Bertz CT molecular complexity index is 1670. The maximum atomic E-state index is 14.3. The van der Waals surface area contributed by atoms with E-state index in [-0.39, 0.29) is 47.5 Å². The first-order chi connectivity index (χ1) is 22.1. The molecule has 0 saturated heterocycles. The number of carbonyl (C=O) groups is 2. The Morgan fingerprint density at radius 3 is 2.47 bits per heavy atom. The first kappa shape index (κ1) is 36.5. The van der Waals surface area contributed by atoms with Crippen LogP contribution >= 0.6 is 11.8 Å². The number of thioether (sulfide) groups is 1. The van der Waals surface area contributed by atoms with E-state index in [4.69, 9.17) is 5.11 Å². The Kier molecular flexibility index (Phi) is 11.9. The number of fused-ring (bicyclic) bond motifs is 1. The molecule has 0 fully saturated rings. The lowest BCUT2D eigenvalue weighted by molar-refractivity contribution is -0.128. The second kappa shape index (κ2) is 15.3. The van der Waals surface area contributed by atoms with E-state index in [1.165, 1.54) is 23.9 Å². The topological polar surface area (TPSA) is 148 Å². The molecule has 1 aliphatic heterocycles. The van der Waals surface area contributed by atoms with Crippen molar-refractivity contribution in [3.8, 4) is 0 Å². The van der Waals surface area contributed by atoms with Gasteiger partial charge in [-0.15, -0.1) is 11.8 Å². The highest BCUT2D eigenvalue weighted by atomic mass is 32.2. The average Bonchev–Trinajstić information content (AvgIpc) is 3.11. The monoisotopic (exact) mass is 686 g/mol. The molecule has 2 amide bonds. The maximum Gasteiger partial charge on any atom is 0.250 e. The lowest BCUT2D eigenvalue weighted by Crippen LogP contribution is -2.52. The van der Waals surface area contributed by atoms with Gasteiger partial charge in [0.25, 0.3) is 5.91 Å². The third-order valence-corrected chi connectivity index (χ3v) is 9.57. The Morgan fingerprint density at radius 2 is 1.83 bits per heavy atom. The molecule has 254 valence electrons. The number of β-amino-alcohol motifs (C(OH)–C–C–N with tert-alkyl or cyclic N) is 1. The summed E-state index contributed by atoms with van der Waals surface area (Å²) in [6.07, 6.45) is 4.23. The fraction of sp³-hybridized carbons (Fsp3) is 0.441. The highest BCUT2D eigenvalue weighted by Crippen LogP contribution is 2.36. The van der Waals surface area contributed by atoms with Crippen LogP contribution < -0.4 is 20.9 Å². The van der Waals surface area contributed by atoms with E-state index in [9.17, 15) is 27.5 Å². The molecular formula is C34H43FN4O6S2. The van der Waals surface area contributed by atoms with E-state index >= 15 is 0 Å². The third-order valence-electron chi connectivity index (χ3n) is 7.68. The van der Waals surface area contributed by atoms with Crippen LogP contribution in [-0.2, 0) is 26.4 Å². The first-order valence-electron chi connectivity index (χ1n) is 15.4. The van der Waals surface area contributed by atoms with Gasteiger partial charge in [-0.25, -0.2) is 4.39 Å². The highest BCUT2D eigenvalue weighted by molar-refractivity contribution is 7.99. The van der Waals surface area contributed by atoms with E-state index in [2.05, 4.69) is 16.0 Å². The number of rotatable bonds is 11. The third kappa shape index (κ3) is 9.84. The van der Waals surface area contributed by atoms with Crippen molar-refractivity contribution in [2.75, 3.05) is 23.8 Å². The number of nitrogens with zero attached hydrogens (tertiary/aromatic N) is 1. The number of amides is 2. The van der Waals surface area contributed by atoms with Crippen molar-refractivity contribution < 1.29 is 32.6 Å². The van der Waals surface area contributed by atoms with Crippen LogP contribution in [0.3, 0.4) is 0 Å². The molecule has 1 heterocycles. The molecule has 1 unspecified atom stereocenters. The SMILES string of the molecule is CC(C)(C)NC1C(c2ccc(CN3C(=O)[C@H](NC(=O)CC(C)(C)NC[C@H](O)CO)CSc4cc(F)ccc43)cc2)=CC=CC1=S(=O)=O. The van der Waals surface area contributed by atoms with E-state index in [0.29, 0.717) is 10.6 Å². The smallest absolute Gasteiger partial charge is 0.250 e. The van der Waals surface area contributed by atoms with Crippen molar-refractivity contribution in [3.63, 3.8) is 0 Å². The van der Waals surface area contributed by atoms with Crippen LogP contribution in [0.5, 0.6) is 0 Å². The first-order valence-corrected chi connectivity index (χ1v) is 17.4. The molecule has 0 radical (unpaired) electrons. The van der Waals surface area contributed by atoms with Gasteiger partial charge in [0.1, 0.15) is 11.9 Å². The summed E-state index contributed by atoms with van der Waals surface area (Å²) in [4.78, 5) is 29.5. The molecule has 5 N–H and O–H groups in total. The molecule has 13 heteroatoms. The van der Waals surface area contributed by atoms with Gasteiger partial charge in [-0.1, -0.05) is 36.4 Å².